The smallest absolute Gasteiger partial charge is 0.171 e. The van der Waals surface area contributed by atoms with Crippen LogP contribution < -0.4 is 15.4 Å². The van der Waals surface area contributed by atoms with Gasteiger partial charge >= 0.3 is 0 Å². The summed E-state index contributed by atoms with van der Waals surface area (Å²) in [5.74, 6) is 0.728. The molecule has 0 radical (unpaired) electrons. The number of ether oxygens (including phenoxy) is 1. The van der Waals surface area contributed by atoms with Gasteiger partial charge in [-0.1, -0.05) is 29.8 Å². The number of rotatable bonds is 4. The Hall–Kier alpha value is -2.37. The minimum atomic E-state index is 0.519. The molecular formula is C18H16ClN3OS. The normalized spacial score (nSPS) is 10.4. The Morgan fingerprint density at radius 3 is 2.79 bits per heavy atom. The number of hydrogen-bond acceptors (Lipinski definition) is 3. The standard InChI is InChI=1S/C18H16ClN3OS/c1-23-16-9-8-15(13-6-4-10-20-17(13)16)22-18(24)21-11-12-5-2-3-7-14(12)19/h2-10H,11H2,1H3,(H2,21,22,24). The zero-order valence-corrected chi connectivity index (χ0v) is 14.6. The highest BCUT2D eigenvalue weighted by Crippen LogP contribution is 2.29. The third-order valence-corrected chi connectivity index (χ3v) is 4.21. The second-order valence-corrected chi connectivity index (χ2v) is 5.93. The van der Waals surface area contributed by atoms with Crippen molar-refractivity contribution in [3.63, 3.8) is 0 Å². The van der Waals surface area contributed by atoms with Gasteiger partial charge in [-0.15, -0.1) is 0 Å². The van der Waals surface area contributed by atoms with Crippen LogP contribution in [0, 0.1) is 0 Å². The molecule has 24 heavy (non-hydrogen) atoms. The van der Waals surface area contributed by atoms with E-state index in [1.54, 1.807) is 13.3 Å². The van der Waals surface area contributed by atoms with Crippen molar-refractivity contribution in [1.82, 2.24) is 10.3 Å². The molecule has 122 valence electrons. The lowest BCUT2D eigenvalue weighted by molar-refractivity contribution is 0.419. The molecule has 1 aromatic heterocycles. The number of fused-ring (bicyclic) bond motifs is 1. The molecule has 0 aliphatic carbocycles. The second-order valence-electron chi connectivity index (χ2n) is 5.11. The number of anilines is 1. The Kier molecular flexibility index (Phi) is 5.13. The zero-order valence-electron chi connectivity index (χ0n) is 13.0. The van der Waals surface area contributed by atoms with Gasteiger partial charge in [0, 0.05) is 28.8 Å². The van der Waals surface area contributed by atoms with Crippen LogP contribution in [-0.4, -0.2) is 17.2 Å². The molecule has 0 saturated carbocycles. The average Bonchev–Trinajstić information content (AvgIpc) is 2.61. The first-order chi connectivity index (χ1) is 11.7. The zero-order chi connectivity index (χ0) is 16.9. The SMILES string of the molecule is COc1ccc(NC(=S)NCc2ccccc2Cl)c2cccnc12. The first-order valence-corrected chi connectivity index (χ1v) is 8.17. The fraction of sp³-hybridized carbons (Fsp3) is 0.111. The van der Waals surface area contributed by atoms with Crippen molar-refractivity contribution in [3.8, 4) is 5.75 Å². The van der Waals surface area contributed by atoms with E-state index in [2.05, 4.69) is 15.6 Å². The number of nitrogens with one attached hydrogen (secondary N) is 2. The second kappa shape index (κ2) is 7.47. The van der Waals surface area contributed by atoms with E-state index in [-0.39, 0.29) is 0 Å². The first-order valence-electron chi connectivity index (χ1n) is 7.39. The fourth-order valence-corrected chi connectivity index (χ4v) is 2.79. The predicted octanol–water partition coefficient (Wildman–Crippen LogP) is 4.38. The van der Waals surface area contributed by atoms with E-state index in [9.17, 15) is 0 Å². The van der Waals surface area contributed by atoms with Crippen molar-refractivity contribution >= 4 is 45.5 Å². The summed E-state index contributed by atoms with van der Waals surface area (Å²) in [6, 6.07) is 15.3. The number of hydrogen-bond donors (Lipinski definition) is 2. The molecule has 2 N–H and O–H groups in total. The van der Waals surface area contributed by atoms with Crippen LogP contribution in [0.1, 0.15) is 5.56 Å². The largest absolute Gasteiger partial charge is 0.494 e. The molecular weight excluding hydrogens is 342 g/mol. The summed E-state index contributed by atoms with van der Waals surface area (Å²) in [7, 11) is 1.63. The van der Waals surface area contributed by atoms with Gasteiger partial charge in [-0.2, -0.15) is 0 Å². The molecule has 2 aromatic carbocycles. The van der Waals surface area contributed by atoms with Gasteiger partial charge in [-0.05, 0) is 48.1 Å². The molecule has 6 heteroatoms. The highest BCUT2D eigenvalue weighted by atomic mass is 35.5. The van der Waals surface area contributed by atoms with E-state index < -0.39 is 0 Å². The van der Waals surface area contributed by atoms with Crippen LogP contribution in [0.15, 0.2) is 54.7 Å². The lowest BCUT2D eigenvalue weighted by atomic mass is 10.1. The molecule has 1 heterocycles. The van der Waals surface area contributed by atoms with E-state index in [1.807, 2.05) is 48.5 Å². The predicted molar refractivity (Wildman–Crippen MR) is 103 cm³/mol. The van der Waals surface area contributed by atoms with Crippen molar-refractivity contribution < 1.29 is 4.74 Å². The molecule has 0 aliphatic heterocycles. The van der Waals surface area contributed by atoms with Crippen molar-refractivity contribution in [1.29, 1.82) is 0 Å². The van der Waals surface area contributed by atoms with E-state index in [4.69, 9.17) is 28.6 Å². The molecule has 0 spiro atoms. The number of methoxy groups -OCH3 is 1. The minimum absolute atomic E-state index is 0.519. The topological polar surface area (TPSA) is 46.2 Å². The van der Waals surface area contributed by atoms with E-state index in [1.165, 1.54) is 0 Å². The van der Waals surface area contributed by atoms with Gasteiger partial charge < -0.3 is 15.4 Å². The maximum atomic E-state index is 6.15. The number of aromatic nitrogens is 1. The quantitative estimate of drug-likeness (QED) is 0.678. The molecule has 0 aliphatic rings. The number of benzene rings is 2. The molecule has 3 aromatic rings. The summed E-state index contributed by atoms with van der Waals surface area (Å²) >= 11 is 11.5. The summed E-state index contributed by atoms with van der Waals surface area (Å²) in [5, 5.41) is 8.55. The molecule has 0 atom stereocenters. The summed E-state index contributed by atoms with van der Waals surface area (Å²) in [4.78, 5) is 4.38. The van der Waals surface area contributed by atoms with Gasteiger partial charge in [0.2, 0.25) is 0 Å². The molecule has 0 bridgehead atoms. The Labute approximate surface area is 150 Å². The van der Waals surface area contributed by atoms with Crippen LogP contribution >= 0.6 is 23.8 Å². The van der Waals surface area contributed by atoms with Crippen LogP contribution in [0.4, 0.5) is 5.69 Å². The molecule has 4 nitrogen and oxygen atoms in total. The fourth-order valence-electron chi connectivity index (χ4n) is 2.40. The summed E-state index contributed by atoms with van der Waals surface area (Å²) < 4.78 is 5.35. The van der Waals surface area contributed by atoms with E-state index in [0.717, 1.165) is 27.9 Å². The Morgan fingerprint density at radius 1 is 1.17 bits per heavy atom. The maximum Gasteiger partial charge on any atom is 0.171 e. The summed E-state index contributed by atoms with van der Waals surface area (Å²) in [6.07, 6.45) is 1.74. The number of thiocarbonyl (C=S) groups is 1. The van der Waals surface area contributed by atoms with Crippen LogP contribution in [0.5, 0.6) is 5.75 Å². The van der Waals surface area contributed by atoms with Crippen LogP contribution in [0.2, 0.25) is 5.02 Å². The van der Waals surface area contributed by atoms with Crippen LogP contribution in [-0.2, 0) is 6.54 Å². The average molecular weight is 358 g/mol. The van der Waals surface area contributed by atoms with Crippen LogP contribution in [0.25, 0.3) is 10.9 Å². The van der Waals surface area contributed by atoms with Gasteiger partial charge in [-0.3, -0.25) is 4.98 Å². The van der Waals surface area contributed by atoms with E-state index >= 15 is 0 Å². The maximum absolute atomic E-state index is 6.15. The molecule has 0 saturated heterocycles. The number of pyridine rings is 1. The van der Waals surface area contributed by atoms with Crippen molar-refractivity contribution in [3.05, 3.63) is 65.3 Å². The van der Waals surface area contributed by atoms with Gasteiger partial charge in [0.15, 0.2) is 5.11 Å². The third-order valence-electron chi connectivity index (χ3n) is 3.60. The van der Waals surface area contributed by atoms with Crippen molar-refractivity contribution in [2.45, 2.75) is 6.54 Å². The van der Waals surface area contributed by atoms with Crippen LogP contribution in [0.3, 0.4) is 0 Å². The molecule has 0 amide bonds. The van der Waals surface area contributed by atoms with Gasteiger partial charge in [0.25, 0.3) is 0 Å². The lowest BCUT2D eigenvalue weighted by Gasteiger charge is -2.14. The van der Waals surface area contributed by atoms with Gasteiger partial charge in [0.05, 0.1) is 7.11 Å². The van der Waals surface area contributed by atoms with Gasteiger partial charge in [-0.25, -0.2) is 0 Å². The molecule has 0 unspecified atom stereocenters. The monoisotopic (exact) mass is 357 g/mol. The molecule has 0 fully saturated rings. The first kappa shape index (κ1) is 16.5. The number of halogens is 1. The Morgan fingerprint density at radius 2 is 2.00 bits per heavy atom. The third kappa shape index (κ3) is 3.58. The Balaban J connectivity index is 1.75. The minimum Gasteiger partial charge on any atom is -0.494 e. The highest BCUT2D eigenvalue weighted by molar-refractivity contribution is 7.80. The number of nitrogens with zero attached hydrogens (tertiary/aromatic N) is 1. The lowest BCUT2D eigenvalue weighted by Crippen LogP contribution is -2.28. The summed E-state index contributed by atoms with van der Waals surface area (Å²) in [6.45, 7) is 0.553. The highest BCUT2D eigenvalue weighted by Gasteiger charge is 2.08. The van der Waals surface area contributed by atoms with Crippen molar-refractivity contribution in [2.75, 3.05) is 12.4 Å². The summed E-state index contributed by atoms with van der Waals surface area (Å²) in [5.41, 5.74) is 2.65. The molecule has 3 rings (SSSR count). The Bertz CT molecular complexity index is 885. The van der Waals surface area contributed by atoms with E-state index in [0.29, 0.717) is 16.7 Å². The van der Waals surface area contributed by atoms with Crippen molar-refractivity contribution in [2.24, 2.45) is 0 Å². The van der Waals surface area contributed by atoms with Gasteiger partial charge in [0.1, 0.15) is 11.3 Å².